The van der Waals surface area contributed by atoms with Crippen LogP contribution in [0.15, 0.2) is 24.4 Å². The van der Waals surface area contributed by atoms with Crippen LogP contribution >= 0.6 is 0 Å². The second-order valence-electron chi connectivity index (χ2n) is 2.28. The number of allylic oxidation sites excluding steroid dienone is 1. The molecule has 1 rings (SSSR count). The molecule has 0 atom stereocenters. The largest absolute Gasteiger partial charge is 0.351 e. The second-order valence-corrected chi connectivity index (χ2v) is 2.28. The van der Waals surface area contributed by atoms with Gasteiger partial charge in [0.05, 0.1) is 0 Å². The molecule has 0 saturated heterocycles. The van der Waals surface area contributed by atoms with Crippen LogP contribution in [0.4, 0.5) is 0 Å². The van der Waals surface area contributed by atoms with Gasteiger partial charge in [-0.1, -0.05) is 0 Å². The maximum absolute atomic E-state index is 10.3. The second kappa shape index (κ2) is 3.19. The van der Waals surface area contributed by atoms with Crippen LogP contribution < -0.4 is 0 Å². The van der Waals surface area contributed by atoms with Crippen molar-refractivity contribution in [1.29, 1.82) is 0 Å². The Hall–Kier alpha value is -1.31. The molecule has 0 unspecified atom stereocenters. The standard InChI is InChI=1S/C9H9NO/c1-8(11)5-6-9-4-3-7-10(9)2/h1,3-7H,2H3/b6-5+. The predicted octanol–water partition coefficient (Wildman–Crippen LogP) is 1.32. The van der Waals surface area contributed by atoms with Crippen molar-refractivity contribution in [2.45, 2.75) is 0 Å². The number of hydrogen-bond donors (Lipinski definition) is 0. The summed E-state index contributed by atoms with van der Waals surface area (Å²) in [5.41, 5.74) is 0.962. The molecular formula is C9H9NO. The van der Waals surface area contributed by atoms with Crippen molar-refractivity contribution in [2.24, 2.45) is 7.05 Å². The van der Waals surface area contributed by atoms with Gasteiger partial charge in [0.2, 0.25) is 0 Å². The van der Waals surface area contributed by atoms with Crippen molar-refractivity contribution in [3.05, 3.63) is 37.0 Å². The number of nitrogens with zero attached hydrogens (tertiary/aromatic N) is 1. The molecule has 1 aromatic rings. The summed E-state index contributed by atoms with van der Waals surface area (Å²) in [5, 5.41) is 0. The lowest BCUT2D eigenvalue weighted by atomic mass is 10.3. The number of carbonyl (C=O) groups is 1. The molecule has 0 aromatic carbocycles. The summed E-state index contributed by atoms with van der Waals surface area (Å²) in [6.07, 6.45) is 4.93. The van der Waals surface area contributed by atoms with Gasteiger partial charge in [-0.3, -0.25) is 4.79 Å². The van der Waals surface area contributed by atoms with Crippen LogP contribution in [0.5, 0.6) is 0 Å². The molecular weight excluding hydrogens is 138 g/mol. The van der Waals surface area contributed by atoms with Crippen molar-refractivity contribution in [1.82, 2.24) is 4.57 Å². The molecule has 0 aliphatic carbocycles. The minimum Gasteiger partial charge on any atom is -0.351 e. The van der Waals surface area contributed by atoms with Gasteiger partial charge in [-0.05, 0) is 24.3 Å². The first kappa shape index (κ1) is 7.79. The van der Waals surface area contributed by atoms with Gasteiger partial charge in [0.15, 0.2) is 5.78 Å². The lowest BCUT2D eigenvalue weighted by molar-refractivity contribution is -0.110. The first-order chi connectivity index (χ1) is 5.20. The zero-order valence-corrected chi connectivity index (χ0v) is 6.32. The highest BCUT2D eigenvalue weighted by Gasteiger charge is 1.90. The fourth-order valence-corrected chi connectivity index (χ4v) is 0.815. The monoisotopic (exact) mass is 147 g/mol. The average molecular weight is 147 g/mol. The number of ketones is 1. The third-order valence-electron chi connectivity index (χ3n) is 1.40. The van der Waals surface area contributed by atoms with Crippen molar-refractivity contribution in [3.8, 4) is 0 Å². The van der Waals surface area contributed by atoms with E-state index in [1.807, 2.05) is 29.9 Å². The Morgan fingerprint density at radius 2 is 2.45 bits per heavy atom. The third-order valence-corrected chi connectivity index (χ3v) is 1.40. The Balaban J connectivity index is 2.79. The molecule has 0 aliphatic rings. The van der Waals surface area contributed by atoms with Gasteiger partial charge in [0.1, 0.15) is 0 Å². The van der Waals surface area contributed by atoms with Crippen LogP contribution in [0, 0.1) is 6.92 Å². The van der Waals surface area contributed by atoms with Crippen LogP contribution in [-0.4, -0.2) is 10.4 Å². The Morgan fingerprint density at radius 1 is 1.73 bits per heavy atom. The quantitative estimate of drug-likeness (QED) is 0.578. The van der Waals surface area contributed by atoms with E-state index in [4.69, 9.17) is 6.92 Å². The number of rotatable bonds is 2. The van der Waals surface area contributed by atoms with E-state index in [0.29, 0.717) is 0 Å². The highest BCUT2D eigenvalue weighted by molar-refractivity contribution is 5.96. The summed E-state index contributed by atoms with van der Waals surface area (Å²) in [5.74, 6) is -0.425. The summed E-state index contributed by atoms with van der Waals surface area (Å²) < 4.78 is 1.90. The Morgan fingerprint density at radius 3 is 2.91 bits per heavy atom. The van der Waals surface area contributed by atoms with Gasteiger partial charge in [-0.15, -0.1) is 0 Å². The summed E-state index contributed by atoms with van der Waals surface area (Å²) >= 11 is 0. The molecule has 0 fully saturated rings. The van der Waals surface area contributed by atoms with Gasteiger partial charge in [0.25, 0.3) is 0 Å². The smallest absolute Gasteiger partial charge is 0.160 e. The number of carbonyl (C=O) groups excluding carboxylic acids is 1. The van der Waals surface area contributed by atoms with Gasteiger partial charge >= 0.3 is 0 Å². The van der Waals surface area contributed by atoms with E-state index in [1.54, 1.807) is 6.08 Å². The maximum atomic E-state index is 10.3. The molecule has 11 heavy (non-hydrogen) atoms. The number of aryl methyl sites for hydroxylation is 1. The van der Waals surface area contributed by atoms with Gasteiger partial charge in [0, 0.05) is 25.9 Å². The molecule has 0 amide bonds. The molecule has 0 saturated carbocycles. The number of hydrogen-bond acceptors (Lipinski definition) is 1. The van der Waals surface area contributed by atoms with Crippen molar-refractivity contribution in [3.63, 3.8) is 0 Å². The average Bonchev–Trinajstić information content (AvgIpc) is 2.31. The van der Waals surface area contributed by atoms with Crippen LogP contribution in [-0.2, 0) is 11.8 Å². The molecule has 2 radical (unpaired) electrons. The fourth-order valence-electron chi connectivity index (χ4n) is 0.815. The van der Waals surface area contributed by atoms with Crippen LogP contribution in [0.2, 0.25) is 0 Å². The zero-order valence-electron chi connectivity index (χ0n) is 6.32. The summed E-state index contributed by atoms with van der Waals surface area (Å²) in [6.45, 7) is 4.92. The Bertz CT molecular complexity index is 284. The van der Waals surface area contributed by atoms with Crippen LogP contribution in [0.25, 0.3) is 6.08 Å². The molecule has 1 aromatic heterocycles. The molecule has 56 valence electrons. The third kappa shape index (κ3) is 2.08. The molecule has 0 bridgehead atoms. The molecule has 2 heteroatoms. The zero-order chi connectivity index (χ0) is 8.27. The van der Waals surface area contributed by atoms with E-state index in [2.05, 4.69) is 0 Å². The normalized spacial score (nSPS) is 10.7. The topological polar surface area (TPSA) is 22.0 Å². The minimum atomic E-state index is -0.425. The van der Waals surface area contributed by atoms with Crippen molar-refractivity contribution < 1.29 is 4.79 Å². The van der Waals surface area contributed by atoms with Crippen molar-refractivity contribution in [2.75, 3.05) is 0 Å². The highest BCUT2D eigenvalue weighted by atomic mass is 16.1. The summed E-state index contributed by atoms with van der Waals surface area (Å²) in [4.78, 5) is 10.3. The van der Waals surface area contributed by atoms with Gasteiger partial charge in [-0.25, -0.2) is 0 Å². The number of aromatic nitrogens is 1. The molecule has 2 nitrogen and oxygen atoms in total. The predicted molar refractivity (Wildman–Crippen MR) is 43.8 cm³/mol. The van der Waals surface area contributed by atoms with Crippen LogP contribution in [0.1, 0.15) is 5.69 Å². The SMILES string of the molecule is [CH]C(=O)/C=C/c1cccn1C. The molecule has 0 aliphatic heterocycles. The Labute approximate surface area is 66.1 Å². The van der Waals surface area contributed by atoms with E-state index < -0.39 is 5.78 Å². The van der Waals surface area contributed by atoms with Gasteiger partial charge < -0.3 is 4.57 Å². The first-order valence-corrected chi connectivity index (χ1v) is 3.29. The first-order valence-electron chi connectivity index (χ1n) is 3.29. The fraction of sp³-hybridized carbons (Fsp3) is 0.111. The lowest BCUT2D eigenvalue weighted by Crippen LogP contribution is -1.88. The molecule has 0 N–H and O–H groups in total. The molecule has 1 heterocycles. The minimum absolute atomic E-state index is 0.425. The van der Waals surface area contributed by atoms with Crippen LogP contribution in [0.3, 0.4) is 0 Å². The van der Waals surface area contributed by atoms with Gasteiger partial charge in [-0.2, -0.15) is 0 Å². The van der Waals surface area contributed by atoms with E-state index in [9.17, 15) is 4.79 Å². The van der Waals surface area contributed by atoms with E-state index >= 15 is 0 Å². The van der Waals surface area contributed by atoms with E-state index in [0.717, 1.165) is 5.69 Å². The maximum Gasteiger partial charge on any atom is 0.160 e. The highest BCUT2D eigenvalue weighted by Crippen LogP contribution is 2.01. The van der Waals surface area contributed by atoms with E-state index in [1.165, 1.54) is 6.08 Å². The van der Waals surface area contributed by atoms with Crippen molar-refractivity contribution >= 4 is 11.9 Å². The lowest BCUT2D eigenvalue weighted by Gasteiger charge is -1.93. The summed E-state index contributed by atoms with van der Waals surface area (Å²) in [6, 6.07) is 3.81. The van der Waals surface area contributed by atoms with E-state index in [-0.39, 0.29) is 0 Å². The Kier molecular flexibility index (Phi) is 2.26. The summed E-state index contributed by atoms with van der Waals surface area (Å²) in [7, 11) is 1.90. The molecule has 0 spiro atoms.